The van der Waals surface area contributed by atoms with Gasteiger partial charge < -0.3 is 31.4 Å². The van der Waals surface area contributed by atoms with E-state index in [0.717, 1.165) is 67.2 Å². The van der Waals surface area contributed by atoms with Crippen molar-refractivity contribution >= 4 is 69.1 Å². The lowest BCUT2D eigenvalue weighted by Gasteiger charge is -2.22. The van der Waals surface area contributed by atoms with Crippen LogP contribution in [0.4, 0.5) is 0 Å². The van der Waals surface area contributed by atoms with Crippen LogP contribution < -0.4 is 31.4 Å². The first kappa shape index (κ1) is 47.5. The molecule has 0 amide bonds. The Balaban J connectivity index is 0.889. The minimum Gasteiger partial charge on any atom is -0.424 e. The monoisotopic (exact) mass is 1010 g/mol. The summed E-state index contributed by atoms with van der Waals surface area (Å²) in [4.78, 5) is 13.6. The summed E-state index contributed by atoms with van der Waals surface area (Å²) >= 11 is 16.2. The zero-order valence-electron chi connectivity index (χ0n) is 39.4. The van der Waals surface area contributed by atoms with Gasteiger partial charge in [0.1, 0.15) is 17.2 Å². The number of nitrogens with zero attached hydrogens (tertiary/aromatic N) is 9. The van der Waals surface area contributed by atoms with Crippen molar-refractivity contribution in [1.29, 1.82) is 0 Å². The highest BCUT2D eigenvalue weighted by Crippen LogP contribution is 2.37. The highest BCUT2D eigenvalue weighted by atomic mass is 32.1. The maximum absolute atomic E-state index is 6.26. The molecule has 3 aliphatic rings. The lowest BCUT2D eigenvalue weighted by molar-refractivity contribution is 0.362. The molecule has 1 aromatic heterocycles. The van der Waals surface area contributed by atoms with Gasteiger partial charge in [-0.05, 0) is 164 Å². The van der Waals surface area contributed by atoms with Gasteiger partial charge in [-0.1, -0.05) is 89.5 Å². The molecule has 3 aliphatic heterocycles. The standard InChI is InChI=1S/C54H48N12O3S3/c1-31-4-10-37(11-5-31)46-28-43(61-64(46)49(55)70)34-16-22-40(23-17-34)67-52-58-53(68-41-24-18-35(19-25-41)44-29-47(65(62-44)50(56)71)38-12-6-32(2)7-13-38)60-54(59-52)69-42-26-20-36(21-27-42)45-30-48(66(63-45)51(57)72)39-14-8-33(3)9-15-39/h4-27,46-48H,28-30H2,1-3H3,(H2,55,70)(H2,56,71)(H2,57,72). The number of aromatic nitrogens is 3. The molecule has 4 heterocycles. The Kier molecular flexibility index (Phi) is 13.4. The molecule has 3 atom stereocenters. The summed E-state index contributed by atoms with van der Waals surface area (Å²) < 4.78 is 18.8. The average Bonchev–Trinajstić information content (AvgIpc) is 4.15. The molecule has 18 heteroatoms. The molecule has 0 spiro atoms. The summed E-state index contributed by atoms with van der Waals surface area (Å²) in [5, 5.41) is 20.1. The summed E-state index contributed by atoms with van der Waals surface area (Å²) in [5.41, 5.74) is 30.3. The molecule has 7 aromatic rings. The Labute approximate surface area is 432 Å². The molecule has 3 unspecified atom stereocenters. The number of hydrogen-bond acceptors (Lipinski definition) is 12. The third-order valence-corrected chi connectivity index (χ3v) is 13.1. The third-order valence-electron chi connectivity index (χ3n) is 12.6. The van der Waals surface area contributed by atoms with E-state index in [1.54, 1.807) is 15.0 Å². The van der Waals surface area contributed by atoms with Gasteiger partial charge in [-0.3, -0.25) is 0 Å². The Morgan fingerprint density at radius 2 is 0.625 bits per heavy atom. The van der Waals surface area contributed by atoms with Crippen LogP contribution in [0.1, 0.15) is 87.5 Å². The van der Waals surface area contributed by atoms with Gasteiger partial charge in [0.05, 0.1) is 35.3 Å². The van der Waals surface area contributed by atoms with E-state index in [2.05, 4.69) is 109 Å². The zero-order valence-corrected chi connectivity index (χ0v) is 41.9. The van der Waals surface area contributed by atoms with Crippen molar-refractivity contribution in [2.24, 2.45) is 32.5 Å². The number of nitrogens with two attached hydrogens (primary N) is 3. The summed E-state index contributed by atoms with van der Waals surface area (Å²) in [6.07, 6.45) is 1.84. The average molecular weight is 1010 g/mol. The van der Waals surface area contributed by atoms with E-state index in [-0.39, 0.29) is 51.5 Å². The van der Waals surface area contributed by atoms with Gasteiger partial charge in [0.25, 0.3) is 0 Å². The van der Waals surface area contributed by atoms with Crippen LogP contribution in [-0.2, 0) is 0 Å². The third kappa shape index (κ3) is 10.5. The second-order valence-electron chi connectivity index (χ2n) is 17.6. The van der Waals surface area contributed by atoms with Crippen LogP contribution in [0.5, 0.6) is 35.3 Å². The van der Waals surface area contributed by atoms with E-state index < -0.39 is 0 Å². The first-order valence-corrected chi connectivity index (χ1v) is 24.3. The van der Waals surface area contributed by atoms with Crippen molar-refractivity contribution < 1.29 is 14.2 Å². The number of ether oxygens (including phenoxy) is 3. The Bertz CT molecular complexity index is 2920. The molecule has 360 valence electrons. The molecule has 0 radical (unpaired) electrons. The van der Waals surface area contributed by atoms with Crippen LogP contribution in [0.15, 0.2) is 161 Å². The fourth-order valence-electron chi connectivity index (χ4n) is 8.73. The largest absolute Gasteiger partial charge is 0.424 e. The number of hydrogen-bond donors (Lipinski definition) is 3. The first-order valence-electron chi connectivity index (χ1n) is 23.1. The van der Waals surface area contributed by atoms with Crippen molar-refractivity contribution in [2.75, 3.05) is 0 Å². The minimum absolute atomic E-state index is 0.0612. The van der Waals surface area contributed by atoms with Crippen LogP contribution in [0.25, 0.3) is 0 Å². The molecule has 6 N–H and O–H groups in total. The molecule has 15 nitrogen and oxygen atoms in total. The maximum Gasteiger partial charge on any atom is 0.331 e. The number of rotatable bonds is 12. The molecule has 0 saturated heterocycles. The Morgan fingerprint density at radius 3 is 0.847 bits per heavy atom. The van der Waals surface area contributed by atoms with E-state index in [1.165, 1.54) is 0 Å². The maximum atomic E-state index is 6.26. The molecule has 0 saturated carbocycles. The fourth-order valence-corrected chi connectivity index (χ4v) is 9.23. The van der Waals surface area contributed by atoms with Gasteiger partial charge in [-0.15, -0.1) is 15.0 Å². The van der Waals surface area contributed by atoms with Crippen LogP contribution in [-0.4, -0.2) is 62.5 Å². The summed E-state index contributed by atoms with van der Waals surface area (Å²) in [5.74, 6) is 1.36. The van der Waals surface area contributed by atoms with Crippen molar-refractivity contribution in [1.82, 2.24) is 30.0 Å². The van der Waals surface area contributed by atoms with Gasteiger partial charge in [0, 0.05) is 19.3 Å². The van der Waals surface area contributed by atoms with E-state index in [1.807, 2.05) is 72.8 Å². The second-order valence-corrected chi connectivity index (χ2v) is 18.9. The minimum atomic E-state index is -0.120. The predicted molar refractivity (Wildman–Crippen MR) is 290 cm³/mol. The number of aryl methyl sites for hydroxylation is 3. The first-order chi connectivity index (χ1) is 34.8. The smallest absolute Gasteiger partial charge is 0.331 e. The van der Waals surface area contributed by atoms with Gasteiger partial charge in [-0.2, -0.15) is 15.3 Å². The SMILES string of the molecule is Cc1ccc(C2CC(c3ccc(Oc4nc(Oc5ccc(C6=NN(C(N)=S)C(c7ccc(C)cc7)C6)cc5)nc(Oc5ccc(C6=NN(C(N)=S)C(c7ccc(C)cc7)C6)cc5)n4)cc3)=NN2C(N)=S)cc1. The van der Waals surface area contributed by atoms with Crippen molar-refractivity contribution in [2.45, 2.75) is 58.2 Å². The van der Waals surface area contributed by atoms with Crippen molar-refractivity contribution in [3.8, 4) is 35.3 Å². The van der Waals surface area contributed by atoms with E-state index >= 15 is 0 Å². The normalized spacial score (nSPS) is 17.3. The lowest BCUT2D eigenvalue weighted by atomic mass is 9.98. The van der Waals surface area contributed by atoms with Gasteiger partial charge in [-0.25, -0.2) is 15.0 Å². The van der Waals surface area contributed by atoms with Gasteiger partial charge >= 0.3 is 18.0 Å². The number of hydrazone groups is 3. The number of benzene rings is 6. The summed E-state index contributed by atoms with van der Waals surface area (Å²) in [6, 6.07) is 46.7. The molecule has 0 bridgehead atoms. The fraction of sp³-hybridized carbons (Fsp3) is 0.167. The van der Waals surface area contributed by atoms with E-state index in [0.29, 0.717) is 36.5 Å². The molecule has 0 aliphatic carbocycles. The Hall–Kier alpha value is -8.19. The van der Waals surface area contributed by atoms with Crippen LogP contribution in [0.2, 0.25) is 0 Å². The van der Waals surface area contributed by atoms with Gasteiger partial charge in [0.15, 0.2) is 15.3 Å². The summed E-state index contributed by atoms with van der Waals surface area (Å²) in [7, 11) is 0. The molecular formula is C54H48N12O3S3. The van der Waals surface area contributed by atoms with Crippen molar-refractivity contribution in [3.05, 3.63) is 196 Å². The van der Waals surface area contributed by atoms with E-state index in [9.17, 15) is 0 Å². The van der Waals surface area contributed by atoms with E-state index in [4.69, 9.17) is 83.4 Å². The van der Waals surface area contributed by atoms with Crippen LogP contribution in [0, 0.1) is 20.8 Å². The molecule has 72 heavy (non-hydrogen) atoms. The molecular weight excluding hydrogens is 961 g/mol. The lowest BCUT2D eigenvalue weighted by Crippen LogP contribution is -2.31. The van der Waals surface area contributed by atoms with Crippen LogP contribution >= 0.6 is 36.7 Å². The molecule has 6 aromatic carbocycles. The summed E-state index contributed by atoms with van der Waals surface area (Å²) in [6.45, 7) is 6.15. The highest BCUT2D eigenvalue weighted by molar-refractivity contribution is 7.80. The van der Waals surface area contributed by atoms with Crippen molar-refractivity contribution in [3.63, 3.8) is 0 Å². The van der Waals surface area contributed by atoms with Gasteiger partial charge in [0.2, 0.25) is 0 Å². The second kappa shape index (κ2) is 20.3. The quantitative estimate of drug-likeness (QED) is 0.0979. The molecule has 0 fully saturated rings. The zero-order chi connectivity index (χ0) is 50.0. The topological polar surface area (TPSA) is 191 Å². The van der Waals surface area contributed by atoms with Crippen LogP contribution in [0.3, 0.4) is 0 Å². The predicted octanol–water partition coefficient (Wildman–Crippen LogP) is 10.4. The highest BCUT2D eigenvalue weighted by Gasteiger charge is 2.33. The Morgan fingerprint density at radius 1 is 0.389 bits per heavy atom. The molecule has 10 rings (SSSR count). The number of thiocarbonyl (C=S) groups is 3.